The first-order valence-corrected chi connectivity index (χ1v) is 7.92. The van der Waals surface area contributed by atoms with Crippen molar-refractivity contribution < 1.29 is 14.4 Å². The van der Waals surface area contributed by atoms with E-state index in [1.54, 1.807) is 43.3 Å². The molecule has 1 atom stereocenters. The van der Waals surface area contributed by atoms with Crippen molar-refractivity contribution in [2.75, 3.05) is 5.32 Å². The largest absolute Gasteiger partial charge is 0.370 e. The number of hydrogen-bond donors (Lipinski definition) is 3. The molecule has 0 saturated carbocycles. The second-order valence-electron chi connectivity index (χ2n) is 5.94. The molecule has 0 radical (unpaired) electrons. The minimum atomic E-state index is -0.470. The molecule has 0 bridgehead atoms. The Hall–Kier alpha value is -3.15. The normalized spacial score (nSPS) is 11.4. The second-order valence-corrected chi connectivity index (χ2v) is 5.94. The molecule has 130 valence electrons. The SMILES string of the molecule is Cc1ccc(C(=O)Nc2ccc(C(=O)NC(C)CC(N)=O)cc2)cc1. The van der Waals surface area contributed by atoms with Gasteiger partial charge in [-0.25, -0.2) is 0 Å². The molecule has 0 aromatic heterocycles. The lowest BCUT2D eigenvalue weighted by Crippen LogP contribution is -2.35. The Morgan fingerprint density at radius 2 is 1.44 bits per heavy atom. The molecular weight excluding hydrogens is 318 g/mol. The van der Waals surface area contributed by atoms with Gasteiger partial charge in [-0.1, -0.05) is 17.7 Å². The highest BCUT2D eigenvalue weighted by atomic mass is 16.2. The molecule has 2 rings (SSSR count). The zero-order valence-electron chi connectivity index (χ0n) is 14.2. The lowest BCUT2D eigenvalue weighted by molar-refractivity contribution is -0.118. The van der Waals surface area contributed by atoms with Crippen molar-refractivity contribution in [2.45, 2.75) is 26.3 Å². The number of nitrogens with one attached hydrogen (secondary N) is 2. The Morgan fingerprint density at radius 1 is 0.920 bits per heavy atom. The number of amides is 3. The number of primary amides is 1. The molecule has 0 aliphatic carbocycles. The van der Waals surface area contributed by atoms with Crippen LogP contribution >= 0.6 is 0 Å². The smallest absolute Gasteiger partial charge is 0.255 e. The van der Waals surface area contributed by atoms with Crippen LogP contribution in [0.4, 0.5) is 5.69 Å². The lowest BCUT2D eigenvalue weighted by atomic mass is 10.1. The molecule has 2 aromatic carbocycles. The van der Waals surface area contributed by atoms with Gasteiger partial charge in [-0.2, -0.15) is 0 Å². The minimum Gasteiger partial charge on any atom is -0.370 e. The van der Waals surface area contributed by atoms with E-state index in [0.717, 1.165) is 5.56 Å². The Kier molecular flexibility index (Phi) is 5.89. The van der Waals surface area contributed by atoms with E-state index < -0.39 is 5.91 Å². The van der Waals surface area contributed by atoms with Crippen LogP contribution in [0.2, 0.25) is 0 Å². The first-order valence-electron chi connectivity index (χ1n) is 7.92. The van der Waals surface area contributed by atoms with Gasteiger partial charge in [0.2, 0.25) is 5.91 Å². The van der Waals surface area contributed by atoms with Crippen LogP contribution in [-0.2, 0) is 4.79 Å². The van der Waals surface area contributed by atoms with E-state index >= 15 is 0 Å². The third-order valence-electron chi connectivity index (χ3n) is 3.60. The molecule has 0 fully saturated rings. The molecule has 0 heterocycles. The molecule has 6 nitrogen and oxygen atoms in total. The van der Waals surface area contributed by atoms with Crippen molar-refractivity contribution in [3.05, 3.63) is 65.2 Å². The van der Waals surface area contributed by atoms with Crippen LogP contribution in [-0.4, -0.2) is 23.8 Å². The number of aryl methyl sites for hydroxylation is 1. The number of carbonyl (C=O) groups is 3. The summed E-state index contributed by atoms with van der Waals surface area (Å²) < 4.78 is 0. The summed E-state index contributed by atoms with van der Waals surface area (Å²) in [5.74, 6) is -0.987. The fourth-order valence-electron chi connectivity index (χ4n) is 2.27. The van der Waals surface area contributed by atoms with Crippen LogP contribution in [0.25, 0.3) is 0 Å². The maximum Gasteiger partial charge on any atom is 0.255 e. The fourth-order valence-corrected chi connectivity index (χ4v) is 2.27. The first-order chi connectivity index (χ1) is 11.8. The van der Waals surface area contributed by atoms with Crippen LogP contribution in [0.15, 0.2) is 48.5 Å². The van der Waals surface area contributed by atoms with E-state index in [1.165, 1.54) is 0 Å². The summed E-state index contributed by atoms with van der Waals surface area (Å²) in [6.07, 6.45) is 0.0798. The number of benzene rings is 2. The van der Waals surface area contributed by atoms with Crippen LogP contribution < -0.4 is 16.4 Å². The standard InChI is InChI=1S/C19H21N3O3/c1-12-3-5-14(6-4-12)19(25)22-16-9-7-15(8-10-16)18(24)21-13(2)11-17(20)23/h3-10,13H,11H2,1-2H3,(H2,20,23)(H,21,24)(H,22,25). The number of rotatable bonds is 6. The molecule has 4 N–H and O–H groups in total. The predicted octanol–water partition coefficient (Wildman–Crippen LogP) is 2.24. The van der Waals surface area contributed by atoms with Gasteiger partial charge in [0.05, 0.1) is 0 Å². The Morgan fingerprint density at radius 3 is 2.00 bits per heavy atom. The summed E-state index contributed by atoms with van der Waals surface area (Å²) in [4.78, 5) is 35.1. The Bertz CT molecular complexity index is 768. The summed E-state index contributed by atoms with van der Waals surface area (Å²) in [6, 6.07) is 13.4. The average Bonchev–Trinajstić information content (AvgIpc) is 2.55. The number of anilines is 1. The van der Waals surface area contributed by atoms with Gasteiger partial charge in [-0.3, -0.25) is 14.4 Å². The quantitative estimate of drug-likeness (QED) is 0.752. The summed E-state index contributed by atoms with van der Waals surface area (Å²) in [7, 11) is 0. The van der Waals surface area contributed by atoms with Gasteiger partial charge in [0.25, 0.3) is 11.8 Å². The molecule has 0 aliphatic heterocycles. The minimum absolute atomic E-state index is 0.0798. The van der Waals surface area contributed by atoms with Crippen molar-refractivity contribution in [1.29, 1.82) is 0 Å². The van der Waals surface area contributed by atoms with Crippen LogP contribution in [0.1, 0.15) is 39.6 Å². The van der Waals surface area contributed by atoms with Gasteiger partial charge in [-0.05, 0) is 50.2 Å². The highest BCUT2D eigenvalue weighted by Crippen LogP contribution is 2.12. The fraction of sp³-hybridized carbons (Fsp3) is 0.211. The maximum absolute atomic E-state index is 12.2. The number of hydrogen-bond acceptors (Lipinski definition) is 3. The van der Waals surface area contributed by atoms with E-state index in [4.69, 9.17) is 5.73 Å². The Labute approximate surface area is 146 Å². The van der Waals surface area contributed by atoms with Gasteiger partial charge in [0.1, 0.15) is 0 Å². The molecule has 25 heavy (non-hydrogen) atoms. The molecule has 0 aliphatic rings. The van der Waals surface area contributed by atoms with Gasteiger partial charge in [0.15, 0.2) is 0 Å². The average molecular weight is 339 g/mol. The van der Waals surface area contributed by atoms with Crippen LogP contribution in [0, 0.1) is 6.92 Å². The molecule has 0 spiro atoms. The third kappa shape index (κ3) is 5.46. The zero-order chi connectivity index (χ0) is 18.4. The highest BCUT2D eigenvalue weighted by Gasteiger charge is 2.12. The Balaban J connectivity index is 1.97. The second kappa shape index (κ2) is 8.10. The van der Waals surface area contributed by atoms with Crippen molar-refractivity contribution in [1.82, 2.24) is 5.32 Å². The number of carbonyl (C=O) groups excluding carboxylic acids is 3. The van der Waals surface area contributed by atoms with E-state index in [-0.39, 0.29) is 24.3 Å². The summed E-state index contributed by atoms with van der Waals surface area (Å²) in [5, 5.41) is 5.47. The lowest BCUT2D eigenvalue weighted by Gasteiger charge is -2.12. The van der Waals surface area contributed by atoms with Gasteiger partial charge in [-0.15, -0.1) is 0 Å². The predicted molar refractivity (Wildman–Crippen MR) is 96.3 cm³/mol. The van der Waals surface area contributed by atoms with Crippen LogP contribution in [0.3, 0.4) is 0 Å². The van der Waals surface area contributed by atoms with Crippen molar-refractivity contribution in [3.8, 4) is 0 Å². The molecule has 1 unspecified atom stereocenters. The summed E-state index contributed by atoms with van der Waals surface area (Å²) in [5.41, 5.74) is 7.77. The van der Waals surface area contributed by atoms with Crippen LogP contribution in [0.5, 0.6) is 0 Å². The third-order valence-corrected chi connectivity index (χ3v) is 3.60. The topological polar surface area (TPSA) is 101 Å². The van der Waals surface area contributed by atoms with Crippen molar-refractivity contribution >= 4 is 23.4 Å². The summed E-state index contributed by atoms with van der Waals surface area (Å²) in [6.45, 7) is 3.66. The van der Waals surface area contributed by atoms with Crippen molar-refractivity contribution in [2.24, 2.45) is 5.73 Å². The monoisotopic (exact) mass is 339 g/mol. The molecule has 6 heteroatoms. The van der Waals surface area contributed by atoms with E-state index in [9.17, 15) is 14.4 Å². The highest BCUT2D eigenvalue weighted by molar-refractivity contribution is 6.04. The first kappa shape index (κ1) is 18.2. The molecule has 2 aromatic rings. The van der Waals surface area contributed by atoms with Gasteiger partial charge >= 0.3 is 0 Å². The van der Waals surface area contributed by atoms with Gasteiger partial charge < -0.3 is 16.4 Å². The van der Waals surface area contributed by atoms with Gasteiger partial charge in [0, 0.05) is 29.3 Å². The maximum atomic E-state index is 12.2. The number of nitrogens with two attached hydrogens (primary N) is 1. The van der Waals surface area contributed by atoms with E-state index in [1.807, 2.05) is 19.1 Å². The molecular formula is C19H21N3O3. The molecule has 3 amide bonds. The van der Waals surface area contributed by atoms with E-state index in [0.29, 0.717) is 16.8 Å². The molecule has 0 saturated heterocycles. The van der Waals surface area contributed by atoms with Crippen molar-refractivity contribution in [3.63, 3.8) is 0 Å². The van der Waals surface area contributed by atoms with E-state index in [2.05, 4.69) is 10.6 Å². The zero-order valence-corrected chi connectivity index (χ0v) is 14.2. The summed E-state index contributed by atoms with van der Waals surface area (Å²) >= 11 is 0.